The lowest BCUT2D eigenvalue weighted by Crippen LogP contribution is -2.35. The standard InChI is InChI=1S/C17H26N2O.ClH/c1-3-19(12-15-8-5-4-7-13(15)2)17(20)11-14-9-6-10-16(14)18;/h4-5,7-8,14,16H,3,6,9-12,18H2,1-2H3;1H/t14-,16+;/m0./s1. The van der Waals surface area contributed by atoms with Gasteiger partial charge in [0.05, 0.1) is 0 Å². The molecule has 0 bridgehead atoms. The van der Waals surface area contributed by atoms with Crippen molar-refractivity contribution < 1.29 is 4.79 Å². The Balaban J connectivity index is 0.00000220. The topological polar surface area (TPSA) is 46.3 Å². The minimum absolute atomic E-state index is 0. The molecule has 0 spiro atoms. The van der Waals surface area contributed by atoms with Crippen LogP contribution in [0.4, 0.5) is 0 Å². The van der Waals surface area contributed by atoms with Crippen LogP contribution in [0.5, 0.6) is 0 Å². The number of carbonyl (C=O) groups is 1. The molecule has 21 heavy (non-hydrogen) atoms. The summed E-state index contributed by atoms with van der Waals surface area (Å²) in [5.74, 6) is 0.631. The number of amides is 1. The van der Waals surface area contributed by atoms with Crippen LogP contribution in [-0.4, -0.2) is 23.4 Å². The predicted molar refractivity (Wildman–Crippen MR) is 89.5 cm³/mol. The van der Waals surface area contributed by atoms with Gasteiger partial charge in [-0.25, -0.2) is 0 Å². The number of hydrogen-bond donors (Lipinski definition) is 1. The molecule has 4 heteroatoms. The van der Waals surface area contributed by atoms with Gasteiger partial charge in [0.1, 0.15) is 0 Å². The van der Waals surface area contributed by atoms with Gasteiger partial charge >= 0.3 is 0 Å². The molecule has 3 nitrogen and oxygen atoms in total. The van der Waals surface area contributed by atoms with Crippen LogP contribution in [0.2, 0.25) is 0 Å². The van der Waals surface area contributed by atoms with Gasteiger partial charge in [0.2, 0.25) is 5.91 Å². The molecular formula is C17H27ClN2O. The van der Waals surface area contributed by atoms with Crippen molar-refractivity contribution in [3.8, 4) is 0 Å². The normalized spacial score (nSPS) is 20.9. The van der Waals surface area contributed by atoms with E-state index in [0.29, 0.717) is 18.9 Å². The monoisotopic (exact) mass is 310 g/mol. The first-order valence-electron chi connectivity index (χ1n) is 7.69. The highest BCUT2D eigenvalue weighted by Crippen LogP contribution is 2.27. The zero-order chi connectivity index (χ0) is 14.5. The van der Waals surface area contributed by atoms with E-state index in [9.17, 15) is 4.79 Å². The van der Waals surface area contributed by atoms with Crippen LogP contribution in [0.25, 0.3) is 0 Å². The molecule has 1 aliphatic rings. The summed E-state index contributed by atoms with van der Waals surface area (Å²) in [5.41, 5.74) is 8.56. The molecule has 2 rings (SSSR count). The van der Waals surface area contributed by atoms with Crippen LogP contribution in [0.1, 0.15) is 43.7 Å². The lowest BCUT2D eigenvalue weighted by Gasteiger charge is -2.24. The summed E-state index contributed by atoms with van der Waals surface area (Å²) in [4.78, 5) is 14.4. The fraction of sp³-hybridized carbons (Fsp3) is 0.588. The van der Waals surface area contributed by atoms with Gasteiger partial charge in [0.15, 0.2) is 0 Å². The summed E-state index contributed by atoms with van der Waals surface area (Å²) >= 11 is 0. The molecule has 0 aromatic heterocycles. The third-order valence-electron chi connectivity index (χ3n) is 4.51. The van der Waals surface area contributed by atoms with Gasteiger partial charge < -0.3 is 10.6 Å². The van der Waals surface area contributed by atoms with Gasteiger partial charge in [0.25, 0.3) is 0 Å². The van der Waals surface area contributed by atoms with Gasteiger partial charge in [-0.05, 0) is 43.7 Å². The molecule has 0 heterocycles. The fourth-order valence-corrected chi connectivity index (χ4v) is 3.04. The van der Waals surface area contributed by atoms with Crippen LogP contribution in [0.3, 0.4) is 0 Å². The van der Waals surface area contributed by atoms with Gasteiger partial charge in [-0.1, -0.05) is 30.7 Å². The largest absolute Gasteiger partial charge is 0.339 e. The van der Waals surface area contributed by atoms with Gasteiger partial charge in [0, 0.05) is 25.6 Å². The molecule has 2 N–H and O–H groups in total. The summed E-state index contributed by atoms with van der Waals surface area (Å²) in [7, 11) is 0. The average Bonchev–Trinajstić information content (AvgIpc) is 2.83. The number of hydrogen-bond acceptors (Lipinski definition) is 2. The second-order valence-corrected chi connectivity index (χ2v) is 5.89. The van der Waals surface area contributed by atoms with Crippen LogP contribution < -0.4 is 5.73 Å². The van der Waals surface area contributed by atoms with E-state index in [1.807, 2.05) is 24.0 Å². The van der Waals surface area contributed by atoms with E-state index in [1.165, 1.54) is 17.5 Å². The molecule has 2 atom stereocenters. The van der Waals surface area contributed by atoms with Crippen molar-refractivity contribution in [2.45, 2.75) is 52.1 Å². The highest BCUT2D eigenvalue weighted by Gasteiger charge is 2.27. The molecule has 0 unspecified atom stereocenters. The minimum Gasteiger partial charge on any atom is -0.339 e. The number of aryl methyl sites for hydroxylation is 1. The molecule has 1 aromatic carbocycles. The summed E-state index contributed by atoms with van der Waals surface area (Å²) in [6.07, 6.45) is 3.96. The zero-order valence-electron chi connectivity index (χ0n) is 13.0. The van der Waals surface area contributed by atoms with Crippen LogP contribution >= 0.6 is 12.4 Å². The Hall–Kier alpha value is -1.06. The maximum absolute atomic E-state index is 12.5. The molecule has 1 saturated carbocycles. The molecule has 118 valence electrons. The minimum atomic E-state index is 0. The summed E-state index contributed by atoms with van der Waals surface area (Å²) < 4.78 is 0. The van der Waals surface area contributed by atoms with E-state index >= 15 is 0 Å². The van der Waals surface area contributed by atoms with E-state index in [4.69, 9.17) is 5.73 Å². The Labute approximate surface area is 134 Å². The Morgan fingerprint density at radius 3 is 2.62 bits per heavy atom. The first-order chi connectivity index (χ1) is 9.61. The predicted octanol–water partition coefficient (Wildman–Crippen LogP) is 3.28. The van der Waals surface area contributed by atoms with E-state index in [1.54, 1.807) is 0 Å². The van der Waals surface area contributed by atoms with Crippen LogP contribution in [-0.2, 0) is 11.3 Å². The van der Waals surface area contributed by atoms with Crippen molar-refractivity contribution >= 4 is 18.3 Å². The first kappa shape index (κ1) is 18.0. The van der Waals surface area contributed by atoms with Crippen molar-refractivity contribution in [3.05, 3.63) is 35.4 Å². The zero-order valence-corrected chi connectivity index (χ0v) is 13.9. The molecule has 0 aliphatic heterocycles. The Bertz CT molecular complexity index is 464. The van der Waals surface area contributed by atoms with E-state index < -0.39 is 0 Å². The van der Waals surface area contributed by atoms with Crippen LogP contribution in [0, 0.1) is 12.8 Å². The second-order valence-electron chi connectivity index (χ2n) is 5.89. The third-order valence-corrected chi connectivity index (χ3v) is 4.51. The molecule has 1 aliphatic carbocycles. The number of benzene rings is 1. The Morgan fingerprint density at radius 2 is 2.05 bits per heavy atom. The number of carbonyl (C=O) groups excluding carboxylic acids is 1. The van der Waals surface area contributed by atoms with Crippen molar-refractivity contribution in [2.75, 3.05) is 6.54 Å². The Kier molecular flexibility index (Phi) is 7.20. The first-order valence-corrected chi connectivity index (χ1v) is 7.69. The number of rotatable bonds is 5. The van der Waals surface area contributed by atoms with E-state index in [-0.39, 0.29) is 24.4 Å². The van der Waals surface area contributed by atoms with Crippen molar-refractivity contribution in [1.29, 1.82) is 0 Å². The van der Waals surface area contributed by atoms with Crippen molar-refractivity contribution in [2.24, 2.45) is 11.7 Å². The number of halogens is 1. The fourth-order valence-electron chi connectivity index (χ4n) is 3.04. The lowest BCUT2D eigenvalue weighted by molar-refractivity contribution is -0.132. The molecule has 1 aromatic rings. The van der Waals surface area contributed by atoms with Gasteiger partial charge in [-0.2, -0.15) is 0 Å². The highest BCUT2D eigenvalue weighted by molar-refractivity contribution is 5.85. The number of nitrogens with two attached hydrogens (primary N) is 1. The average molecular weight is 311 g/mol. The number of nitrogens with zero attached hydrogens (tertiary/aromatic N) is 1. The second kappa shape index (κ2) is 8.40. The Morgan fingerprint density at radius 1 is 1.33 bits per heavy atom. The molecule has 1 fully saturated rings. The summed E-state index contributed by atoms with van der Waals surface area (Å²) in [6.45, 7) is 5.62. The molecule has 0 radical (unpaired) electrons. The van der Waals surface area contributed by atoms with E-state index in [0.717, 1.165) is 19.4 Å². The summed E-state index contributed by atoms with van der Waals surface area (Å²) in [5, 5.41) is 0. The summed E-state index contributed by atoms with van der Waals surface area (Å²) in [6, 6.07) is 8.49. The van der Waals surface area contributed by atoms with Gasteiger partial charge in [-0.15, -0.1) is 12.4 Å². The molecular weight excluding hydrogens is 284 g/mol. The highest BCUT2D eigenvalue weighted by atomic mass is 35.5. The lowest BCUT2D eigenvalue weighted by atomic mass is 9.99. The van der Waals surface area contributed by atoms with E-state index in [2.05, 4.69) is 19.1 Å². The molecule has 0 saturated heterocycles. The molecule has 1 amide bonds. The van der Waals surface area contributed by atoms with Crippen molar-refractivity contribution in [3.63, 3.8) is 0 Å². The van der Waals surface area contributed by atoms with Crippen LogP contribution in [0.15, 0.2) is 24.3 Å². The third kappa shape index (κ3) is 4.72. The quantitative estimate of drug-likeness (QED) is 0.907. The van der Waals surface area contributed by atoms with Crippen molar-refractivity contribution in [1.82, 2.24) is 4.90 Å². The smallest absolute Gasteiger partial charge is 0.223 e. The SMILES string of the molecule is CCN(Cc1ccccc1C)C(=O)C[C@@H]1CCC[C@H]1N.Cl. The maximum atomic E-state index is 12.5. The van der Waals surface area contributed by atoms with Gasteiger partial charge in [-0.3, -0.25) is 4.79 Å². The maximum Gasteiger partial charge on any atom is 0.223 e.